The predicted molar refractivity (Wildman–Crippen MR) is 91.5 cm³/mol. The molecule has 24 heavy (non-hydrogen) atoms. The van der Waals surface area contributed by atoms with Crippen LogP contribution in [-0.4, -0.2) is 13.7 Å². The zero-order valence-electron chi connectivity index (χ0n) is 13.2. The molecule has 0 saturated heterocycles. The Morgan fingerprint density at radius 3 is 2.33 bits per heavy atom. The lowest BCUT2D eigenvalue weighted by molar-refractivity contribution is 0.334. The number of rotatable bonds is 5. The molecule has 0 aliphatic carbocycles. The monoisotopic (exact) mass is 326 g/mol. The molecular formula is C20H16F2O2. The fourth-order valence-electron chi connectivity index (χ4n) is 2.52. The third kappa shape index (κ3) is 2.95. The smallest absolute Gasteiger partial charge is 0.201 e. The molecule has 0 radical (unpaired) electrons. The van der Waals surface area contributed by atoms with Crippen LogP contribution in [0.2, 0.25) is 0 Å². The fourth-order valence-corrected chi connectivity index (χ4v) is 2.52. The number of ether oxygens (including phenoxy) is 2. The zero-order valence-corrected chi connectivity index (χ0v) is 13.2. The molecule has 0 aliphatic rings. The van der Waals surface area contributed by atoms with Crippen molar-refractivity contribution in [3.8, 4) is 22.6 Å². The quantitative estimate of drug-likeness (QED) is 0.588. The van der Waals surface area contributed by atoms with Crippen LogP contribution >= 0.6 is 0 Å². The lowest BCUT2D eigenvalue weighted by Crippen LogP contribution is -1.98. The Hall–Kier alpha value is -2.88. The summed E-state index contributed by atoms with van der Waals surface area (Å²) in [6, 6.07) is 14.1. The normalized spacial score (nSPS) is 10.6. The SMILES string of the molecule is C=CCOc1cc2ccc(-c3ccc(OC)cc3)cc2c(F)c1F. The summed E-state index contributed by atoms with van der Waals surface area (Å²) in [5.74, 6) is -1.28. The summed E-state index contributed by atoms with van der Waals surface area (Å²) >= 11 is 0. The van der Waals surface area contributed by atoms with Gasteiger partial charge in [-0.15, -0.1) is 0 Å². The molecule has 4 heteroatoms. The first-order valence-electron chi connectivity index (χ1n) is 7.44. The van der Waals surface area contributed by atoms with Gasteiger partial charge in [-0.25, -0.2) is 4.39 Å². The number of methoxy groups -OCH3 is 1. The molecule has 3 aromatic rings. The van der Waals surface area contributed by atoms with Crippen LogP contribution in [0.15, 0.2) is 61.2 Å². The van der Waals surface area contributed by atoms with Crippen molar-refractivity contribution >= 4 is 10.8 Å². The largest absolute Gasteiger partial charge is 0.497 e. The molecule has 2 nitrogen and oxygen atoms in total. The summed E-state index contributed by atoms with van der Waals surface area (Å²) < 4.78 is 38.8. The maximum absolute atomic E-state index is 14.4. The van der Waals surface area contributed by atoms with Gasteiger partial charge in [0.15, 0.2) is 11.6 Å². The highest BCUT2D eigenvalue weighted by atomic mass is 19.2. The van der Waals surface area contributed by atoms with Crippen molar-refractivity contribution < 1.29 is 18.3 Å². The third-order valence-electron chi connectivity index (χ3n) is 3.77. The lowest BCUT2D eigenvalue weighted by Gasteiger charge is -2.10. The first kappa shape index (κ1) is 16.0. The first-order chi connectivity index (χ1) is 11.6. The Morgan fingerprint density at radius 1 is 0.958 bits per heavy atom. The van der Waals surface area contributed by atoms with Crippen LogP contribution in [0.3, 0.4) is 0 Å². The van der Waals surface area contributed by atoms with E-state index in [4.69, 9.17) is 9.47 Å². The molecule has 0 aliphatic heterocycles. The molecule has 0 atom stereocenters. The minimum atomic E-state index is -0.990. The second-order valence-electron chi connectivity index (χ2n) is 5.27. The van der Waals surface area contributed by atoms with Crippen molar-refractivity contribution in [3.05, 3.63) is 72.8 Å². The highest BCUT2D eigenvalue weighted by Gasteiger charge is 2.15. The lowest BCUT2D eigenvalue weighted by atomic mass is 10.0. The number of hydrogen-bond acceptors (Lipinski definition) is 2. The minimum absolute atomic E-state index is 0.114. The zero-order chi connectivity index (χ0) is 17.1. The standard InChI is InChI=1S/C20H16F2O2/c1-3-10-24-18-12-15-5-4-14(11-17(15)19(21)20(18)22)13-6-8-16(23-2)9-7-13/h3-9,11-12H,1,10H2,2H3. The molecule has 3 aromatic carbocycles. The number of halogens is 2. The second-order valence-corrected chi connectivity index (χ2v) is 5.27. The molecule has 3 rings (SSSR count). The van der Waals surface area contributed by atoms with Gasteiger partial charge in [-0.3, -0.25) is 0 Å². The second kappa shape index (κ2) is 6.71. The van der Waals surface area contributed by atoms with Crippen LogP contribution in [0, 0.1) is 11.6 Å². The van der Waals surface area contributed by atoms with Gasteiger partial charge in [0.2, 0.25) is 5.82 Å². The summed E-state index contributed by atoms with van der Waals surface area (Å²) in [6.45, 7) is 3.61. The molecular weight excluding hydrogens is 310 g/mol. The minimum Gasteiger partial charge on any atom is -0.497 e. The van der Waals surface area contributed by atoms with E-state index in [0.717, 1.165) is 16.9 Å². The Kier molecular flexibility index (Phi) is 4.47. The maximum Gasteiger partial charge on any atom is 0.201 e. The van der Waals surface area contributed by atoms with E-state index < -0.39 is 11.6 Å². The molecule has 122 valence electrons. The average molecular weight is 326 g/mol. The van der Waals surface area contributed by atoms with Gasteiger partial charge in [-0.05, 0) is 40.8 Å². The molecule has 0 unspecified atom stereocenters. The van der Waals surface area contributed by atoms with Crippen LogP contribution in [-0.2, 0) is 0 Å². The van der Waals surface area contributed by atoms with Crippen LogP contribution in [0.1, 0.15) is 0 Å². The average Bonchev–Trinajstić information content (AvgIpc) is 2.63. The summed E-state index contributed by atoms with van der Waals surface area (Å²) in [5, 5.41) is 0.789. The van der Waals surface area contributed by atoms with Gasteiger partial charge in [-0.1, -0.05) is 36.9 Å². The Labute approximate surface area is 138 Å². The van der Waals surface area contributed by atoms with E-state index in [-0.39, 0.29) is 17.7 Å². The Bertz CT molecular complexity index is 886. The van der Waals surface area contributed by atoms with Gasteiger partial charge in [0.25, 0.3) is 0 Å². The first-order valence-corrected chi connectivity index (χ1v) is 7.44. The van der Waals surface area contributed by atoms with E-state index in [2.05, 4.69) is 6.58 Å². The van der Waals surface area contributed by atoms with Gasteiger partial charge in [-0.2, -0.15) is 4.39 Å². The van der Waals surface area contributed by atoms with Gasteiger partial charge in [0.1, 0.15) is 12.4 Å². The molecule has 0 saturated carbocycles. The van der Waals surface area contributed by atoms with Gasteiger partial charge < -0.3 is 9.47 Å². The molecule has 0 amide bonds. The van der Waals surface area contributed by atoms with E-state index in [9.17, 15) is 8.78 Å². The molecule has 0 bridgehead atoms. The van der Waals surface area contributed by atoms with Crippen molar-refractivity contribution in [2.24, 2.45) is 0 Å². The van der Waals surface area contributed by atoms with Crippen molar-refractivity contribution in [2.75, 3.05) is 13.7 Å². The highest BCUT2D eigenvalue weighted by Crippen LogP contribution is 2.32. The highest BCUT2D eigenvalue weighted by molar-refractivity contribution is 5.89. The van der Waals surface area contributed by atoms with Crippen molar-refractivity contribution in [1.82, 2.24) is 0 Å². The van der Waals surface area contributed by atoms with Gasteiger partial charge >= 0.3 is 0 Å². The van der Waals surface area contributed by atoms with Crippen LogP contribution < -0.4 is 9.47 Å². The van der Waals surface area contributed by atoms with Gasteiger partial charge in [0.05, 0.1) is 7.11 Å². The Morgan fingerprint density at radius 2 is 1.67 bits per heavy atom. The fraction of sp³-hybridized carbons (Fsp3) is 0.100. The van der Waals surface area contributed by atoms with E-state index in [1.807, 2.05) is 30.3 Å². The van der Waals surface area contributed by atoms with E-state index in [1.54, 1.807) is 19.2 Å². The topological polar surface area (TPSA) is 18.5 Å². The third-order valence-corrected chi connectivity index (χ3v) is 3.77. The summed E-state index contributed by atoms with van der Waals surface area (Å²) in [6.07, 6.45) is 1.48. The molecule has 0 spiro atoms. The van der Waals surface area contributed by atoms with E-state index >= 15 is 0 Å². The van der Waals surface area contributed by atoms with Crippen LogP contribution in [0.25, 0.3) is 21.9 Å². The summed E-state index contributed by atoms with van der Waals surface area (Å²) in [7, 11) is 1.59. The van der Waals surface area contributed by atoms with E-state index in [1.165, 1.54) is 12.1 Å². The predicted octanol–water partition coefficient (Wildman–Crippen LogP) is 5.36. The Balaban J connectivity index is 2.07. The number of benzene rings is 3. The van der Waals surface area contributed by atoms with Crippen molar-refractivity contribution in [3.63, 3.8) is 0 Å². The molecule has 0 aromatic heterocycles. The van der Waals surface area contributed by atoms with Crippen molar-refractivity contribution in [1.29, 1.82) is 0 Å². The molecule has 0 fully saturated rings. The van der Waals surface area contributed by atoms with Crippen molar-refractivity contribution in [2.45, 2.75) is 0 Å². The van der Waals surface area contributed by atoms with E-state index in [0.29, 0.717) is 5.39 Å². The molecule has 0 N–H and O–H groups in total. The summed E-state index contributed by atoms with van der Waals surface area (Å²) in [5.41, 5.74) is 1.69. The number of hydrogen-bond donors (Lipinski definition) is 0. The van der Waals surface area contributed by atoms with Crippen LogP contribution in [0.4, 0.5) is 8.78 Å². The number of fused-ring (bicyclic) bond motifs is 1. The maximum atomic E-state index is 14.4. The molecule has 0 heterocycles. The summed E-state index contributed by atoms with van der Waals surface area (Å²) in [4.78, 5) is 0. The van der Waals surface area contributed by atoms with Gasteiger partial charge in [0, 0.05) is 5.39 Å². The van der Waals surface area contributed by atoms with Crippen LogP contribution in [0.5, 0.6) is 11.5 Å².